The Morgan fingerprint density at radius 1 is 1.03 bits per heavy atom. The fraction of sp³-hybridized carbons (Fsp3) is 0.381. The first-order valence-corrected chi connectivity index (χ1v) is 11.2. The molecule has 156 valence electrons. The van der Waals surface area contributed by atoms with Gasteiger partial charge in [0.1, 0.15) is 10.7 Å². The Bertz CT molecular complexity index is 929. The molecule has 1 fully saturated rings. The van der Waals surface area contributed by atoms with Gasteiger partial charge in [0.05, 0.1) is 0 Å². The molecule has 2 amide bonds. The van der Waals surface area contributed by atoms with Crippen LogP contribution < -0.4 is 5.32 Å². The van der Waals surface area contributed by atoms with Crippen LogP contribution in [0, 0.1) is 5.82 Å². The molecule has 1 atom stereocenters. The Balaban J connectivity index is 1.50. The molecule has 0 unspecified atom stereocenters. The lowest BCUT2D eigenvalue weighted by Gasteiger charge is -2.34. The van der Waals surface area contributed by atoms with Crippen LogP contribution in [-0.4, -0.2) is 55.9 Å². The highest BCUT2D eigenvalue weighted by Crippen LogP contribution is 2.20. The third kappa shape index (κ3) is 5.33. The minimum absolute atomic E-state index is 0.00267. The monoisotopic (exact) mass is 419 g/mol. The van der Waals surface area contributed by atoms with Crippen molar-refractivity contribution < 1.29 is 17.6 Å². The lowest BCUT2D eigenvalue weighted by atomic mass is 10.1. The molecule has 1 saturated heterocycles. The predicted molar refractivity (Wildman–Crippen MR) is 109 cm³/mol. The quantitative estimate of drug-likeness (QED) is 0.783. The van der Waals surface area contributed by atoms with E-state index in [1.165, 1.54) is 28.1 Å². The van der Waals surface area contributed by atoms with E-state index in [-0.39, 0.29) is 43.1 Å². The number of hydrogen-bond acceptors (Lipinski definition) is 3. The van der Waals surface area contributed by atoms with Crippen molar-refractivity contribution in [1.82, 2.24) is 14.5 Å². The number of benzene rings is 2. The summed E-state index contributed by atoms with van der Waals surface area (Å²) in [5, 5.41) is 2.97. The molecule has 0 aromatic heterocycles. The van der Waals surface area contributed by atoms with E-state index in [1.807, 2.05) is 25.1 Å². The molecule has 0 radical (unpaired) electrons. The van der Waals surface area contributed by atoms with Crippen molar-refractivity contribution in [3.63, 3.8) is 0 Å². The fourth-order valence-corrected chi connectivity index (χ4v) is 4.81. The Kier molecular flexibility index (Phi) is 6.87. The molecular weight excluding hydrogens is 393 g/mol. The van der Waals surface area contributed by atoms with Crippen LogP contribution in [0.15, 0.2) is 59.5 Å². The molecule has 0 saturated carbocycles. The summed E-state index contributed by atoms with van der Waals surface area (Å²) in [6, 6.07) is 15.2. The van der Waals surface area contributed by atoms with E-state index in [2.05, 4.69) is 17.4 Å². The maximum Gasteiger partial charge on any atom is 0.317 e. The number of carbonyl (C=O) groups excluding carboxylic acids is 1. The minimum atomic E-state index is -3.90. The number of nitrogens with zero attached hydrogens (tertiary/aromatic N) is 2. The summed E-state index contributed by atoms with van der Waals surface area (Å²) in [5.74, 6) is -0.764. The highest BCUT2D eigenvalue weighted by molar-refractivity contribution is 7.89. The summed E-state index contributed by atoms with van der Waals surface area (Å²) in [5.41, 5.74) is 1.22. The van der Waals surface area contributed by atoms with Crippen LogP contribution in [0.5, 0.6) is 0 Å². The molecule has 2 aromatic rings. The second-order valence-electron chi connectivity index (χ2n) is 7.20. The van der Waals surface area contributed by atoms with Gasteiger partial charge in [0.15, 0.2) is 0 Å². The number of amides is 2. The van der Waals surface area contributed by atoms with Crippen LogP contribution in [0.1, 0.15) is 18.9 Å². The third-order valence-electron chi connectivity index (χ3n) is 5.06. The molecule has 0 spiro atoms. The number of carbonyl (C=O) groups is 1. The number of urea groups is 1. The van der Waals surface area contributed by atoms with Crippen molar-refractivity contribution in [3.8, 4) is 0 Å². The van der Waals surface area contributed by atoms with Crippen LogP contribution in [0.2, 0.25) is 0 Å². The number of hydrogen-bond donors (Lipinski definition) is 1. The molecule has 0 aliphatic carbocycles. The van der Waals surface area contributed by atoms with Crippen molar-refractivity contribution in [2.45, 2.75) is 30.7 Å². The molecule has 1 aliphatic rings. The Morgan fingerprint density at radius 2 is 1.66 bits per heavy atom. The summed E-state index contributed by atoms with van der Waals surface area (Å²) >= 11 is 0. The SMILES string of the molecule is C[C@@H](CCc1ccccc1)NC(=O)N1CCN(S(=O)(=O)c2ccccc2F)CC1. The van der Waals surface area contributed by atoms with Gasteiger partial charge in [0.25, 0.3) is 0 Å². The third-order valence-corrected chi connectivity index (χ3v) is 6.99. The van der Waals surface area contributed by atoms with Gasteiger partial charge < -0.3 is 10.2 Å². The summed E-state index contributed by atoms with van der Waals surface area (Å²) in [7, 11) is -3.90. The molecule has 8 heteroatoms. The zero-order valence-electron chi connectivity index (χ0n) is 16.4. The molecule has 2 aromatic carbocycles. The number of rotatable bonds is 6. The second kappa shape index (κ2) is 9.37. The smallest absolute Gasteiger partial charge is 0.317 e. The van der Waals surface area contributed by atoms with E-state index < -0.39 is 15.8 Å². The van der Waals surface area contributed by atoms with E-state index >= 15 is 0 Å². The summed E-state index contributed by atoms with van der Waals surface area (Å²) in [6.45, 7) is 2.78. The molecule has 1 N–H and O–H groups in total. The zero-order chi connectivity index (χ0) is 20.9. The van der Waals surface area contributed by atoms with Crippen LogP contribution >= 0.6 is 0 Å². The number of halogens is 1. The Morgan fingerprint density at radius 3 is 2.31 bits per heavy atom. The molecule has 1 heterocycles. The van der Waals surface area contributed by atoms with Gasteiger partial charge in [0.2, 0.25) is 10.0 Å². The van der Waals surface area contributed by atoms with E-state index in [0.29, 0.717) is 0 Å². The van der Waals surface area contributed by atoms with Gasteiger partial charge >= 0.3 is 6.03 Å². The average molecular weight is 420 g/mol. The Labute approximate surface area is 171 Å². The number of nitrogens with one attached hydrogen (secondary N) is 1. The van der Waals surface area contributed by atoms with Crippen molar-refractivity contribution in [2.24, 2.45) is 0 Å². The van der Waals surface area contributed by atoms with Crippen molar-refractivity contribution in [3.05, 3.63) is 66.0 Å². The lowest BCUT2D eigenvalue weighted by Crippen LogP contribution is -2.54. The highest BCUT2D eigenvalue weighted by atomic mass is 32.2. The topological polar surface area (TPSA) is 69.7 Å². The Hall–Kier alpha value is -2.45. The fourth-order valence-electron chi connectivity index (χ4n) is 3.33. The molecule has 1 aliphatic heterocycles. The van der Waals surface area contributed by atoms with Crippen molar-refractivity contribution >= 4 is 16.1 Å². The van der Waals surface area contributed by atoms with Crippen LogP contribution in [0.3, 0.4) is 0 Å². The van der Waals surface area contributed by atoms with E-state index in [0.717, 1.165) is 18.9 Å². The standard InChI is InChI=1S/C21H26FN3O3S/c1-17(11-12-18-7-3-2-4-8-18)23-21(26)24-13-15-25(16-14-24)29(27,28)20-10-6-5-9-19(20)22/h2-10,17H,11-16H2,1H3,(H,23,26)/t17-/m0/s1. The van der Waals surface area contributed by atoms with Crippen molar-refractivity contribution in [1.29, 1.82) is 0 Å². The normalized spacial score (nSPS) is 16.4. The maximum absolute atomic E-state index is 13.9. The molecule has 3 rings (SSSR count). The summed E-state index contributed by atoms with van der Waals surface area (Å²) in [6.07, 6.45) is 1.69. The van der Waals surface area contributed by atoms with E-state index in [4.69, 9.17) is 0 Å². The van der Waals surface area contributed by atoms with Gasteiger partial charge in [-0.05, 0) is 37.5 Å². The first-order valence-electron chi connectivity index (χ1n) is 9.72. The van der Waals surface area contributed by atoms with Gasteiger partial charge in [-0.15, -0.1) is 0 Å². The lowest BCUT2D eigenvalue weighted by molar-refractivity contribution is 0.169. The average Bonchev–Trinajstić information content (AvgIpc) is 2.73. The van der Waals surface area contributed by atoms with Gasteiger partial charge in [-0.1, -0.05) is 42.5 Å². The van der Waals surface area contributed by atoms with Crippen LogP contribution in [0.4, 0.5) is 9.18 Å². The van der Waals surface area contributed by atoms with E-state index in [9.17, 15) is 17.6 Å². The molecule has 6 nitrogen and oxygen atoms in total. The van der Waals surface area contributed by atoms with Crippen LogP contribution in [0.25, 0.3) is 0 Å². The number of aryl methyl sites for hydroxylation is 1. The summed E-state index contributed by atoms with van der Waals surface area (Å²) < 4.78 is 40.4. The van der Waals surface area contributed by atoms with Gasteiger partial charge in [-0.3, -0.25) is 0 Å². The summed E-state index contributed by atoms with van der Waals surface area (Å²) in [4.78, 5) is 13.8. The van der Waals surface area contributed by atoms with Gasteiger partial charge in [0, 0.05) is 32.2 Å². The number of piperazine rings is 1. The predicted octanol–water partition coefficient (Wildman–Crippen LogP) is 2.86. The van der Waals surface area contributed by atoms with Gasteiger partial charge in [-0.2, -0.15) is 4.31 Å². The first-order chi connectivity index (χ1) is 13.9. The minimum Gasteiger partial charge on any atom is -0.336 e. The highest BCUT2D eigenvalue weighted by Gasteiger charge is 2.31. The van der Waals surface area contributed by atoms with E-state index in [1.54, 1.807) is 4.90 Å². The first kappa shape index (κ1) is 21.3. The van der Waals surface area contributed by atoms with Crippen molar-refractivity contribution in [2.75, 3.05) is 26.2 Å². The molecule has 0 bridgehead atoms. The largest absolute Gasteiger partial charge is 0.336 e. The zero-order valence-corrected chi connectivity index (χ0v) is 17.2. The maximum atomic E-state index is 13.9. The van der Waals surface area contributed by atoms with Gasteiger partial charge in [-0.25, -0.2) is 17.6 Å². The van der Waals surface area contributed by atoms with Crippen LogP contribution in [-0.2, 0) is 16.4 Å². The number of sulfonamides is 1. The molecule has 29 heavy (non-hydrogen) atoms. The molecular formula is C21H26FN3O3S. The second-order valence-corrected chi connectivity index (χ2v) is 9.10.